The summed E-state index contributed by atoms with van der Waals surface area (Å²) in [7, 11) is 1.72. The molecule has 1 unspecified atom stereocenters. The Morgan fingerprint density at radius 3 is 2.79 bits per heavy atom. The van der Waals surface area contributed by atoms with Gasteiger partial charge in [-0.25, -0.2) is 0 Å². The van der Waals surface area contributed by atoms with E-state index in [9.17, 15) is 0 Å². The highest BCUT2D eigenvalue weighted by Crippen LogP contribution is 2.27. The Hall–Kier alpha value is -2.60. The van der Waals surface area contributed by atoms with Gasteiger partial charge in [0.05, 0.1) is 19.7 Å². The zero-order chi connectivity index (χ0) is 20.3. The summed E-state index contributed by atoms with van der Waals surface area (Å²) in [6.07, 6.45) is 7.16. The van der Waals surface area contributed by atoms with Gasteiger partial charge in [-0.15, -0.1) is 0 Å². The molecule has 0 bridgehead atoms. The maximum atomic E-state index is 5.44. The molecule has 1 saturated heterocycles. The maximum absolute atomic E-state index is 5.44. The molecule has 1 aliphatic rings. The highest BCUT2D eigenvalue weighted by molar-refractivity contribution is 5.79. The molecule has 0 saturated carbocycles. The highest BCUT2D eigenvalue weighted by Gasteiger charge is 2.23. The Morgan fingerprint density at radius 1 is 1.21 bits per heavy atom. The first-order chi connectivity index (χ1) is 14.3. The second-order valence-electron chi connectivity index (χ2n) is 7.29. The van der Waals surface area contributed by atoms with Gasteiger partial charge in [-0.1, -0.05) is 18.2 Å². The van der Waals surface area contributed by atoms with Crippen LogP contribution in [0.2, 0.25) is 0 Å². The standard InChI is InChI=1S/C23H33N5O/c1-3-25-23(26-13-11-19-8-7-12-24-17-19)27-18-22(28-14-4-5-15-28)20-9-6-10-21(16-20)29-2/h6-10,12,16-17,22H,3-5,11,13-15,18H2,1-2H3,(H2,25,26,27). The topological polar surface area (TPSA) is 61.8 Å². The van der Waals surface area contributed by atoms with Gasteiger partial charge in [0.15, 0.2) is 5.96 Å². The van der Waals surface area contributed by atoms with Crippen molar-refractivity contribution >= 4 is 5.96 Å². The molecule has 1 aromatic heterocycles. The van der Waals surface area contributed by atoms with Crippen molar-refractivity contribution in [3.8, 4) is 5.75 Å². The molecule has 1 aliphatic heterocycles. The average Bonchev–Trinajstić information content (AvgIpc) is 3.29. The summed E-state index contributed by atoms with van der Waals surface area (Å²) in [5, 5.41) is 6.83. The SMILES string of the molecule is CCNC(=NCC(c1cccc(OC)c1)N1CCCC1)NCCc1cccnc1. The van der Waals surface area contributed by atoms with Crippen LogP contribution in [-0.4, -0.2) is 55.7 Å². The van der Waals surface area contributed by atoms with Crippen LogP contribution in [0.3, 0.4) is 0 Å². The smallest absolute Gasteiger partial charge is 0.191 e. The lowest BCUT2D eigenvalue weighted by atomic mass is 10.1. The predicted octanol–water partition coefficient (Wildman–Crippen LogP) is 3.02. The van der Waals surface area contributed by atoms with E-state index in [2.05, 4.69) is 51.7 Å². The highest BCUT2D eigenvalue weighted by atomic mass is 16.5. The third-order valence-corrected chi connectivity index (χ3v) is 5.26. The van der Waals surface area contributed by atoms with E-state index in [0.29, 0.717) is 0 Å². The zero-order valence-corrected chi connectivity index (χ0v) is 17.6. The van der Waals surface area contributed by atoms with E-state index in [4.69, 9.17) is 9.73 Å². The number of benzene rings is 1. The first-order valence-electron chi connectivity index (χ1n) is 10.6. The Kier molecular flexibility index (Phi) is 8.31. The lowest BCUT2D eigenvalue weighted by Gasteiger charge is -2.27. The minimum Gasteiger partial charge on any atom is -0.497 e. The molecule has 0 aliphatic carbocycles. The molecule has 2 N–H and O–H groups in total. The number of nitrogens with one attached hydrogen (secondary N) is 2. The summed E-state index contributed by atoms with van der Waals surface area (Å²) < 4.78 is 5.44. The molecule has 29 heavy (non-hydrogen) atoms. The number of pyridine rings is 1. The fourth-order valence-corrected chi connectivity index (χ4v) is 3.72. The molecule has 6 nitrogen and oxygen atoms in total. The maximum Gasteiger partial charge on any atom is 0.191 e. The molecule has 0 radical (unpaired) electrons. The van der Waals surface area contributed by atoms with E-state index >= 15 is 0 Å². The van der Waals surface area contributed by atoms with Crippen LogP contribution in [0.4, 0.5) is 0 Å². The fraction of sp³-hybridized carbons (Fsp3) is 0.478. The number of aromatic nitrogens is 1. The number of hydrogen-bond donors (Lipinski definition) is 2. The van der Waals surface area contributed by atoms with E-state index in [0.717, 1.165) is 50.9 Å². The number of rotatable bonds is 9. The van der Waals surface area contributed by atoms with Gasteiger partial charge in [-0.2, -0.15) is 0 Å². The van der Waals surface area contributed by atoms with E-state index in [1.54, 1.807) is 13.3 Å². The molecule has 1 aromatic carbocycles. The number of methoxy groups -OCH3 is 1. The Bertz CT molecular complexity index is 759. The molecule has 156 valence electrons. The van der Waals surface area contributed by atoms with Gasteiger partial charge >= 0.3 is 0 Å². The normalized spacial score (nSPS) is 15.9. The number of nitrogens with zero attached hydrogens (tertiary/aromatic N) is 3. The van der Waals surface area contributed by atoms with Crippen LogP contribution in [0.15, 0.2) is 53.8 Å². The van der Waals surface area contributed by atoms with Crippen LogP contribution in [0.25, 0.3) is 0 Å². The Labute approximate surface area is 174 Å². The summed E-state index contributed by atoms with van der Waals surface area (Å²) in [6, 6.07) is 12.7. The van der Waals surface area contributed by atoms with E-state index in [1.807, 2.05) is 18.3 Å². The van der Waals surface area contributed by atoms with Crippen molar-refractivity contribution in [2.75, 3.05) is 39.8 Å². The fourth-order valence-electron chi connectivity index (χ4n) is 3.72. The molecule has 0 spiro atoms. The van der Waals surface area contributed by atoms with E-state index in [1.165, 1.54) is 24.0 Å². The van der Waals surface area contributed by atoms with Crippen molar-refractivity contribution < 1.29 is 4.74 Å². The second-order valence-corrected chi connectivity index (χ2v) is 7.29. The predicted molar refractivity (Wildman–Crippen MR) is 118 cm³/mol. The lowest BCUT2D eigenvalue weighted by molar-refractivity contribution is 0.251. The van der Waals surface area contributed by atoms with E-state index < -0.39 is 0 Å². The molecule has 2 heterocycles. The molecule has 6 heteroatoms. The van der Waals surface area contributed by atoms with Gasteiger partial charge in [-0.3, -0.25) is 14.9 Å². The summed E-state index contributed by atoms with van der Waals surface area (Å²) in [4.78, 5) is 11.6. The summed E-state index contributed by atoms with van der Waals surface area (Å²) >= 11 is 0. The van der Waals surface area contributed by atoms with Crippen LogP contribution in [-0.2, 0) is 6.42 Å². The van der Waals surface area contributed by atoms with Gasteiger partial charge in [-0.05, 0) is 68.6 Å². The van der Waals surface area contributed by atoms with Crippen molar-refractivity contribution in [2.24, 2.45) is 4.99 Å². The van der Waals surface area contributed by atoms with Gasteiger partial charge in [0, 0.05) is 25.5 Å². The summed E-state index contributed by atoms with van der Waals surface area (Å²) in [5.74, 6) is 1.76. The number of guanidine groups is 1. The van der Waals surface area contributed by atoms with Crippen molar-refractivity contribution in [1.29, 1.82) is 0 Å². The first kappa shape index (κ1) is 21.1. The van der Waals surface area contributed by atoms with Crippen molar-refractivity contribution in [1.82, 2.24) is 20.5 Å². The molecule has 0 amide bonds. The molecule has 2 aromatic rings. The third-order valence-electron chi connectivity index (χ3n) is 5.26. The molecule has 3 rings (SSSR count). The third kappa shape index (κ3) is 6.46. The van der Waals surface area contributed by atoms with Crippen molar-refractivity contribution in [3.05, 3.63) is 59.9 Å². The Morgan fingerprint density at radius 2 is 2.07 bits per heavy atom. The monoisotopic (exact) mass is 395 g/mol. The number of hydrogen-bond acceptors (Lipinski definition) is 4. The molecular formula is C23H33N5O. The van der Waals surface area contributed by atoms with E-state index in [-0.39, 0.29) is 6.04 Å². The quantitative estimate of drug-likeness (QED) is 0.505. The van der Waals surface area contributed by atoms with Crippen LogP contribution < -0.4 is 15.4 Å². The van der Waals surface area contributed by atoms with Gasteiger partial charge in [0.1, 0.15) is 5.75 Å². The van der Waals surface area contributed by atoms with Gasteiger partial charge in [0.25, 0.3) is 0 Å². The minimum absolute atomic E-state index is 0.265. The first-order valence-corrected chi connectivity index (χ1v) is 10.6. The van der Waals surface area contributed by atoms with Crippen molar-refractivity contribution in [2.45, 2.75) is 32.2 Å². The minimum atomic E-state index is 0.265. The lowest BCUT2D eigenvalue weighted by Crippen LogP contribution is -2.39. The molecule has 1 atom stereocenters. The zero-order valence-electron chi connectivity index (χ0n) is 17.6. The summed E-state index contributed by atoms with van der Waals surface area (Å²) in [6.45, 7) is 6.73. The number of ether oxygens (including phenoxy) is 1. The van der Waals surface area contributed by atoms with Crippen LogP contribution in [0.5, 0.6) is 5.75 Å². The van der Waals surface area contributed by atoms with Gasteiger partial charge in [0.2, 0.25) is 0 Å². The van der Waals surface area contributed by atoms with Crippen molar-refractivity contribution in [3.63, 3.8) is 0 Å². The number of aliphatic imine (C=N–C) groups is 1. The Balaban J connectivity index is 1.67. The largest absolute Gasteiger partial charge is 0.497 e. The molecule has 1 fully saturated rings. The molecular weight excluding hydrogens is 362 g/mol. The second kappa shape index (κ2) is 11.4. The number of likely N-dealkylation sites (tertiary alicyclic amines) is 1. The van der Waals surface area contributed by atoms with Crippen LogP contribution in [0.1, 0.15) is 36.9 Å². The van der Waals surface area contributed by atoms with Crippen LogP contribution >= 0.6 is 0 Å². The van der Waals surface area contributed by atoms with Gasteiger partial charge < -0.3 is 15.4 Å². The van der Waals surface area contributed by atoms with Crippen LogP contribution in [0, 0.1) is 0 Å². The summed E-state index contributed by atoms with van der Waals surface area (Å²) in [5.41, 5.74) is 2.49. The average molecular weight is 396 g/mol.